The van der Waals surface area contributed by atoms with E-state index in [1.807, 2.05) is 18.2 Å². The molecule has 0 heterocycles. The topological polar surface area (TPSA) is 56.5 Å². The van der Waals surface area contributed by atoms with Gasteiger partial charge in [-0.2, -0.15) is 0 Å². The number of nitrogens with one attached hydrogen (secondary N) is 1. The highest BCUT2D eigenvalue weighted by Gasteiger charge is 2.07. The summed E-state index contributed by atoms with van der Waals surface area (Å²) in [6, 6.07) is 5.70. The Morgan fingerprint density at radius 2 is 2.19 bits per heavy atom. The number of methoxy groups -OCH3 is 2. The molecule has 3 N–H and O–H groups in total. The minimum atomic E-state index is 0.0170. The monoisotopic (exact) mass is 288 g/mol. The number of hydrogen-bond donors (Lipinski definition) is 2. The van der Waals surface area contributed by atoms with E-state index in [0.29, 0.717) is 13.2 Å². The van der Waals surface area contributed by atoms with Crippen LogP contribution in [-0.2, 0) is 9.47 Å². The van der Waals surface area contributed by atoms with Gasteiger partial charge in [0, 0.05) is 25.2 Å². The third kappa shape index (κ3) is 4.00. The van der Waals surface area contributed by atoms with Gasteiger partial charge in [0.15, 0.2) is 0 Å². The number of halogens is 1. The van der Waals surface area contributed by atoms with Gasteiger partial charge in [0.2, 0.25) is 0 Å². The van der Waals surface area contributed by atoms with Crippen molar-refractivity contribution in [2.75, 3.05) is 38.4 Å². The van der Waals surface area contributed by atoms with E-state index in [1.54, 1.807) is 14.2 Å². The number of ether oxygens (including phenoxy) is 2. The van der Waals surface area contributed by atoms with Gasteiger partial charge < -0.3 is 20.5 Å². The van der Waals surface area contributed by atoms with Crippen LogP contribution >= 0.6 is 15.9 Å². The fourth-order valence-corrected chi connectivity index (χ4v) is 1.66. The molecule has 0 spiro atoms. The summed E-state index contributed by atoms with van der Waals surface area (Å²) in [4.78, 5) is 0. The molecule has 0 aromatic heterocycles. The Balaban J connectivity index is 2.55. The number of anilines is 2. The standard InChI is InChI=1S/C11H17BrN2O2/c1-15-7-9(16-2)6-14-11-5-8(12)3-4-10(11)13/h3-5,9,14H,6-7,13H2,1-2H3. The van der Waals surface area contributed by atoms with E-state index >= 15 is 0 Å². The highest BCUT2D eigenvalue weighted by Crippen LogP contribution is 2.23. The molecule has 0 amide bonds. The van der Waals surface area contributed by atoms with Crippen molar-refractivity contribution in [3.05, 3.63) is 22.7 Å². The Morgan fingerprint density at radius 3 is 2.81 bits per heavy atom. The first-order valence-corrected chi connectivity index (χ1v) is 5.77. The highest BCUT2D eigenvalue weighted by molar-refractivity contribution is 9.10. The van der Waals surface area contributed by atoms with Crippen molar-refractivity contribution in [3.63, 3.8) is 0 Å². The second-order valence-electron chi connectivity index (χ2n) is 3.43. The van der Waals surface area contributed by atoms with E-state index in [2.05, 4.69) is 21.2 Å². The van der Waals surface area contributed by atoms with Gasteiger partial charge in [0.05, 0.1) is 24.1 Å². The third-order valence-electron chi connectivity index (χ3n) is 2.22. The first-order chi connectivity index (χ1) is 7.67. The summed E-state index contributed by atoms with van der Waals surface area (Å²) in [5.41, 5.74) is 7.45. The summed E-state index contributed by atoms with van der Waals surface area (Å²) in [6.45, 7) is 1.21. The molecule has 5 heteroatoms. The average molecular weight is 289 g/mol. The van der Waals surface area contributed by atoms with Crippen molar-refractivity contribution in [3.8, 4) is 0 Å². The number of hydrogen-bond acceptors (Lipinski definition) is 4. The van der Waals surface area contributed by atoms with Crippen molar-refractivity contribution in [2.24, 2.45) is 0 Å². The molecular weight excluding hydrogens is 272 g/mol. The Labute approximate surface area is 104 Å². The van der Waals surface area contributed by atoms with Gasteiger partial charge in [0.1, 0.15) is 0 Å². The molecule has 1 unspecified atom stereocenters. The second-order valence-corrected chi connectivity index (χ2v) is 4.34. The average Bonchev–Trinajstić information content (AvgIpc) is 2.28. The van der Waals surface area contributed by atoms with Gasteiger partial charge in [0.25, 0.3) is 0 Å². The molecule has 16 heavy (non-hydrogen) atoms. The summed E-state index contributed by atoms with van der Waals surface area (Å²) in [5.74, 6) is 0. The molecule has 1 atom stereocenters. The Morgan fingerprint density at radius 1 is 1.44 bits per heavy atom. The fourth-order valence-electron chi connectivity index (χ4n) is 1.30. The maximum Gasteiger partial charge on any atom is 0.0976 e. The van der Waals surface area contributed by atoms with Crippen LogP contribution in [0.3, 0.4) is 0 Å². The predicted octanol–water partition coefficient (Wildman–Crippen LogP) is 2.10. The van der Waals surface area contributed by atoms with Crippen LogP contribution in [0.1, 0.15) is 0 Å². The Kier molecular flexibility index (Phi) is 5.59. The molecule has 0 saturated carbocycles. The molecule has 0 aliphatic carbocycles. The lowest BCUT2D eigenvalue weighted by Gasteiger charge is -2.16. The highest BCUT2D eigenvalue weighted by atomic mass is 79.9. The number of nitrogens with two attached hydrogens (primary N) is 1. The van der Waals surface area contributed by atoms with Crippen LogP contribution < -0.4 is 11.1 Å². The van der Waals surface area contributed by atoms with Gasteiger partial charge in [-0.1, -0.05) is 15.9 Å². The van der Waals surface area contributed by atoms with Gasteiger partial charge in [-0.15, -0.1) is 0 Å². The lowest BCUT2D eigenvalue weighted by Crippen LogP contribution is -2.26. The molecule has 4 nitrogen and oxygen atoms in total. The molecule has 0 aliphatic heterocycles. The van der Waals surface area contributed by atoms with Crippen molar-refractivity contribution in [2.45, 2.75) is 6.10 Å². The number of benzene rings is 1. The second kappa shape index (κ2) is 6.73. The largest absolute Gasteiger partial charge is 0.397 e. The van der Waals surface area contributed by atoms with E-state index in [9.17, 15) is 0 Å². The zero-order chi connectivity index (χ0) is 12.0. The molecule has 0 aliphatic rings. The van der Waals surface area contributed by atoms with Gasteiger partial charge in [-0.25, -0.2) is 0 Å². The lowest BCUT2D eigenvalue weighted by atomic mass is 10.2. The minimum Gasteiger partial charge on any atom is -0.397 e. The summed E-state index contributed by atoms with van der Waals surface area (Å²) < 4.78 is 11.3. The Bertz CT molecular complexity index is 334. The van der Waals surface area contributed by atoms with Gasteiger partial charge in [-0.05, 0) is 18.2 Å². The van der Waals surface area contributed by atoms with Crippen LogP contribution in [0.25, 0.3) is 0 Å². The van der Waals surface area contributed by atoms with Gasteiger partial charge in [-0.3, -0.25) is 0 Å². The zero-order valence-corrected chi connectivity index (χ0v) is 11.1. The number of rotatable bonds is 6. The van der Waals surface area contributed by atoms with Crippen molar-refractivity contribution < 1.29 is 9.47 Å². The third-order valence-corrected chi connectivity index (χ3v) is 2.71. The van der Waals surface area contributed by atoms with Crippen LogP contribution in [0.2, 0.25) is 0 Å². The first kappa shape index (κ1) is 13.3. The molecule has 90 valence electrons. The van der Waals surface area contributed by atoms with Crippen molar-refractivity contribution >= 4 is 27.3 Å². The SMILES string of the molecule is COCC(CNc1cc(Br)ccc1N)OC. The van der Waals surface area contributed by atoms with Crippen LogP contribution in [0.4, 0.5) is 11.4 Å². The van der Waals surface area contributed by atoms with Gasteiger partial charge >= 0.3 is 0 Å². The Hall–Kier alpha value is -0.780. The van der Waals surface area contributed by atoms with E-state index in [-0.39, 0.29) is 6.10 Å². The maximum atomic E-state index is 5.84. The summed E-state index contributed by atoms with van der Waals surface area (Å²) >= 11 is 3.40. The summed E-state index contributed by atoms with van der Waals surface area (Å²) in [6.07, 6.45) is 0.0170. The lowest BCUT2D eigenvalue weighted by molar-refractivity contribution is 0.0366. The molecule has 0 fully saturated rings. The van der Waals surface area contributed by atoms with Crippen LogP contribution in [0.5, 0.6) is 0 Å². The maximum absolute atomic E-state index is 5.84. The molecule has 1 rings (SSSR count). The minimum absolute atomic E-state index is 0.0170. The predicted molar refractivity (Wildman–Crippen MR) is 69.7 cm³/mol. The normalized spacial score (nSPS) is 12.4. The molecule has 0 radical (unpaired) electrons. The molecule has 0 bridgehead atoms. The van der Waals surface area contributed by atoms with Crippen LogP contribution in [0, 0.1) is 0 Å². The van der Waals surface area contributed by atoms with Crippen molar-refractivity contribution in [1.29, 1.82) is 0 Å². The first-order valence-electron chi connectivity index (χ1n) is 4.98. The number of nitrogen functional groups attached to an aromatic ring is 1. The molecular formula is C11H17BrN2O2. The van der Waals surface area contributed by atoms with Crippen molar-refractivity contribution in [1.82, 2.24) is 0 Å². The van der Waals surface area contributed by atoms with E-state index in [4.69, 9.17) is 15.2 Å². The van der Waals surface area contributed by atoms with Crippen LogP contribution in [-0.4, -0.2) is 33.5 Å². The molecule has 1 aromatic rings. The smallest absolute Gasteiger partial charge is 0.0976 e. The van der Waals surface area contributed by atoms with E-state index < -0.39 is 0 Å². The zero-order valence-electron chi connectivity index (χ0n) is 9.50. The fraction of sp³-hybridized carbons (Fsp3) is 0.455. The molecule has 0 saturated heterocycles. The van der Waals surface area contributed by atoms with Crippen LogP contribution in [0.15, 0.2) is 22.7 Å². The van der Waals surface area contributed by atoms with E-state index in [1.165, 1.54) is 0 Å². The summed E-state index contributed by atoms with van der Waals surface area (Å²) in [5, 5.41) is 3.23. The molecule has 1 aromatic carbocycles. The van der Waals surface area contributed by atoms with E-state index in [0.717, 1.165) is 15.8 Å². The quantitative estimate of drug-likeness (QED) is 0.787. The summed E-state index contributed by atoms with van der Waals surface area (Å²) in [7, 11) is 3.31.